The molecule has 2 fully saturated rings. The Labute approximate surface area is 150 Å². The summed E-state index contributed by atoms with van der Waals surface area (Å²) in [6.45, 7) is 6.48. The molecular formula is C20H31N3O2. The van der Waals surface area contributed by atoms with Gasteiger partial charge in [0.25, 0.3) is 5.56 Å². The minimum absolute atomic E-state index is 0.0402. The van der Waals surface area contributed by atoms with Gasteiger partial charge < -0.3 is 4.90 Å². The number of nitrogens with zero attached hydrogens (tertiary/aromatic N) is 3. The average molecular weight is 345 g/mol. The summed E-state index contributed by atoms with van der Waals surface area (Å²) < 4.78 is 1.73. The Morgan fingerprint density at radius 3 is 2.44 bits per heavy atom. The lowest BCUT2D eigenvalue weighted by atomic mass is 9.95. The van der Waals surface area contributed by atoms with Crippen molar-refractivity contribution in [3.05, 3.63) is 28.4 Å². The van der Waals surface area contributed by atoms with Gasteiger partial charge in [0.05, 0.1) is 12.0 Å². The molecule has 2 aliphatic rings. The molecule has 1 saturated carbocycles. The van der Waals surface area contributed by atoms with E-state index in [-0.39, 0.29) is 11.5 Å². The van der Waals surface area contributed by atoms with Gasteiger partial charge in [-0.2, -0.15) is 0 Å². The van der Waals surface area contributed by atoms with Crippen LogP contribution < -0.4 is 5.56 Å². The first-order chi connectivity index (χ1) is 12.0. The molecule has 5 nitrogen and oxygen atoms in total. The van der Waals surface area contributed by atoms with E-state index in [0.717, 1.165) is 44.6 Å². The van der Waals surface area contributed by atoms with Crippen molar-refractivity contribution in [3.63, 3.8) is 0 Å². The summed E-state index contributed by atoms with van der Waals surface area (Å²) in [5.41, 5.74) is 0.895. The van der Waals surface area contributed by atoms with Crippen molar-refractivity contribution >= 4 is 5.91 Å². The molecule has 1 amide bonds. The molecule has 3 rings (SSSR count). The fraction of sp³-hybridized carbons (Fsp3) is 0.750. The zero-order valence-electron chi connectivity index (χ0n) is 15.6. The predicted octanol–water partition coefficient (Wildman–Crippen LogP) is 3.19. The summed E-state index contributed by atoms with van der Waals surface area (Å²) in [4.78, 5) is 31.1. The Morgan fingerprint density at radius 1 is 1.16 bits per heavy atom. The third kappa shape index (κ3) is 4.71. The van der Waals surface area contributed by atoms with E-state index in [1.165, 1.54) is 25.7 Å². The molecule has 1 aromatic rings. The molecule has 1 aromatic heterocycles. The van der Waals surface area contributed by atoms with Gasteiger partial charge in [-0.3, -0.25) is 14.2 Å². The fourth-order valence-corrected chi connectivity index (χ4v) is 4.13. The molecule has 1 aliphatic heterocycles. The Bertz CT molecular complexity index is 639. The molecular weight excluding hydrogens is 314 g/mol. The monoisotopic (exact) mass is 345 g/mol. The van der Waals surface area contributed by atoms with E-state index >= 15 is 0 Å². The van der Waals surface area contributed by atoms with Crippen molar-refractivity contribution in [1.82, 2.24) is 14.5 Å². The molecule has 1 saturated heterocycles. The van der Waals surface area contributed by atoms with Gasteiger partial charge in [-0.05, 0) is 43.4 Å². The number of carbonyl (C=O) groups is 1. The lowest BCUT2D eigenvalue weighted by molar-refractivity contribution is -0.133. The van der Waals surface area contributed by atoms with Gasteiger partial charge in [0, 0.05) is 32.1 Å². The van der Waals surface area contributed by atoms with Gasteiger partial charge >= 0.3 is 0 Å². The second-order valence-electron chi connectivity index (χ2n) is 8.14. The van der Waals surface area contributed by atoms with E-state index in [1.54, 1.807) is 17.0 Å². The van der Waals surface area contributed by atoms with Crippen molar-refractivity contribution in [3.8, 4) is 0 Å². The number of rotatable bonds is 5. The van der Waals surface area contributed by atoms with Gasteiger partial charge in [0.15, 0.2) is 0 Å². The van der Waals surface area contributed by atoms with E-state index in [9.17, 15) is 9.59 Å². The number of likely N-dealkylation sites (tertiary alicyclic amines) is 1. The van der Waals surface area contributed by atoms with Crippen LogP contribution in [0.4, 0.5) is 0 Å². The number of hydrogen-bond acceptors (Lipinski definition) is 3. The molecule has 0 spiro atoms. The molecule has 0 aromatic carbocycles. The van der Waals surface area contributed by atoms with E-state index in [4.69, 9.17) is 0 Å². The molecule has 25 heavy (non-hydrogen) atoms. The van der Waals surface area contributed by atoms with E-state index < -0.39 is 0 Å². The van der Waals surface area contributed by atoms with Gasteiger partial charge in [0.1, 0.15) is 0 Å². The molecule has 2 heterocycles. The lowest BCUT2D eigenvalue weighted by Gasteiger charge is -2.33. The van der Waals surface area contributed by atoms with Crippen LogP contribution in [0.3, 0.4) is 0 Å². The van der Waals surface area contributed by atoms with Crippen molar-refractivity contribution < 1.29 is 4.79 Å². The third-order valence-corrected chi connectivity index (χ3v) is 5.85. The number of hydrogen-bond donors (Lipinski definition) is 0. The van der Waals surface area contributed by atoms with E-state index in [2.05, 4.69) is 4.98 Å². The van der Waals surface area contributed by atoms with Gasteiger partial charge in [-0.25, -0.2) is 4.98 Å². The summed E-state index contributed by atoms with van der Waals surface area (Å²) in [7, 11) is 0. The van der Waals surface area contributed by atoms with Gasteiger partial charge in [-0.1, -0.05) is 26.7 Å². The Kier molecular flexibility index (Phi) is 5.92. The second kappa shape index (κ2) is 8.15. The molecule has 0 atom stereocenters. The second-order valence-corrected chi connectivity index (χ2v) is 8.14. The summed E-state index contributed by atoms with van der Waals surface area (Å²) in [6, 6.07) is 1.66. The molecule has 0 unspecified atom stereocenters. The van der Waals surface area contributed by atoms with Crippen LogP contribution in [-0.2, 0) is 11.3 Å². The third-order valence-electron chi connectivity index (χ3n) is 5.85. The van der Waals surface area contributed by atoms with Crippen LogP contribution in [-0.4, -0.2) is 33.4 Å². The van der Waals surface area contributed by atoms with Gasteiger partial charge in [0.2, 0.25) is 5.91 Å². The topological polar surface area (TPSA) is 55.2 Å². The number of amides is 1. The Hall–Kier alpha value is -1.65. The average Bonchev–Trinajstić information content (AvgIpc) is 3.10. The van der Waals surface area contributed by atoms with Crippen LogP contribution >= 0.6 is 0 Å². The maximum atomic E-state index is 12.4. The van der Waals surface area contributed by atoms with Crippen LogP contribution in [0, 0.1) is 11.8 Å². The quantitative estimate of drug-likeness (QED) is 0.823. The number of aromatic nitrogens is 2. The summed E-state index contributed by atoms with van der Waals surface area (Å²) in [5, 5.41) is 0. The molecule has 0 bridgehead atoms. The van der Waals surface area contributed by atoms with Crippen LogP contribution in [0.15, 0.2) is 17.2 Å². The summed E-state index contributed by atoms with van der Waals surface area (Å²) in [6.07, 6.45) is 9.43. The van der Waals surface area contributed by atoms with Crippen LogP contribution in [0.2, 0.25) is 0 Å². The highest BCUT2D eigenvalue weighted by molar-refractivity contribution is 5.76. The zero-order valence-corrected chi connectivity index (χ0v) is 15.6. The van der Waals surface area contributed by atoms with E-state index in [1.807, 2.05) is 18.7 Å². The standard InChI is InChI=1S/C20H31N3O2/c1-15(2)18-12-20(25)23(14-21-18)13-17-7-9-22(10-8-17)19(24)11-16-5-3-4-6-16/h12,14-17H,3-11,13H2,1-2H3. The van der Waals surface area contributed by atoms with Crippen molar-refractivity contribution in [2.75, 3.05) is 13.1 Å². The van der Waals surface area contributed by atoms with Gasteiger partial charge in [-0.15, -0.1) is 0 Å². The maximum Gasteiger partial charge on any atom is 0.253 e. The van der Waals surface area contributed by atoms with Crippen LogP contribution in [0.1, 0.15) is 70.4 Å². The van der Waals surface area contributed by atoms with Crippen molar-refractivity contribution in [2.24, 2.45) is 11.8 Å². The van der Waals surface area contributed by atoms with Crippen molar-refractivity contribution in [1.29, 1.82) is 0 Å². The van der Waals surface area contributed by atoms with Crippen LogP contribution in [0.5, 0.6) is 0 Å². The zero-order chi connectivity index (χ0) is 17.8. The van der Waals surface area contributed by atoms with E-state index in [0.29, 0.717) is 17.7 Å². The molecule has 1 aliphatic carbocycles. The summed E-state index contributed by atoms with van der Waals surface area (Å²) in [5.74, 6) is 1.69. The largest absolute Gasteiger partial charge is 0.343 e. The lowest BCUT2D eigenvalue weighted by Crippen LogP contribution is -2.40. The first kappa shape index (κ1) is 18.2. The Balaban J connectivity index is 1.49. The minimum Gasteiger partial charge on any atom is -0.343 e. The highest BCUT2D eigenvalue weighted by Crippen LogP contribution is 2.29. The molecule has 138 valence electrons. The van der Waals surface area contributed by atoms with Crippen molar-refractivity contribution in [2.45, 2.75) is 71.3 Å². The highest BCUT2D eigenvalue weighted by Gasteiger charge is 2.26. The molecule has 0 radical (unpaired) electrons. The smallest absolute Gasteiger partial charge is 0.253 e. The normalized spacial score (nSPS) is 19.7. The first-order valence-electron chi connectivity index (χ1n) is 9.87. The predicted molar refractivity (Wildman–Crippen MR) is 98.5 cm³/mol. The highest BCUT2D eigenvalue weighted by atomic mass is 16.2. The first-order valence-corrected chi connectivity index (χ1v) is 9.87. The fourth-order valence-electron chi connectivity index (χ4n) is 4.13. The SMILES string of the molecule is CC(C)c1cc(=O)n(CC2CCN(C(=O)CC3CCCC3)CC2)cn1. The summed E-state index contributed by atoms with van der Waals surface area (Å²) >= 11 is 0. The molecule has 0 N–H and O–H groups in total. The maximum absolute atomic E-state index is 12.4. The Morgan fingerprint density at radius 2 is 1.84 bits per heavy atom. The van der Waals surface area contributed by atoms with Crippen LogP contribution in [0.25, 0.3) is 0 Å². The number of piperidine rings is 1. The minimum atomic E-state index is 0.0402. The molecule has 5 heteroatoms. The number of carbonyl (C=O) groups excluding carboxylic acids is 1.